The first kappa shape index (κ1) is 19.4. The SMILES string of the molecule is CC(=O)N(C)c1ccc(S(=O)N2CCN=C2N2CCN(C3CCC3)CC2)cc1. The van der Waals surface area contributed by atoms with Crippen LogP contribution in [0.25, 0.3) is 0 Å². The molecule has 28 heavy (non-hydrogen) atoms. The summed E-state index contributed by atoms with van der Waals surface area (Å²) < 4.78 is 15.1. The van der Waals surface area contributed by atoms with Gasteiger partial charge in [-0.25, -0.2) is 4.21 Å². The van der Waals surface area contributed by atoms with E-state index in [4.69, 9.17) is 0 Å². The number of hydrogen-bond donors (Lipinski definition) is 0. The fourth-order valence-electron chi connectivity index (χ4n) is 3.97. The highest BCUT2D eigenvalue weighted by Gasteiger charge is 2.33. The van der Waals surface area contributed by atoms with Crippen molar-refractivity contribution in [3.63, 3.8) is 0 Å². The molecule has 0 radical (unpaired) electrons. The maximum Gasteiger partial charge on any atom is 0.223 e. The maximum absolute atomic E-state index is 13.2. The molecule has 1 aliphatic carbocycles. The van der Waals surface area contributed by atoms with Crippen molar-refractivity contribution in [1.29, 1.82) is 0 Å². The van der Waals surface area contributed by atoms with Gasteiger partial charge in [-0.3, -0.25) is 19.0 Å². The van der Waals surface area contributed by atoms with E-state index in [1.54, 1.807) is 11.9 Å². The zero-order valence-electron chi connectivity index (χ0n) is 16.7. The number of nitrogens with zero attached hydrogens (tertiary/aromatic N) is 5. The fraction of sp³-hybridized carbons (Fsp3) is 0.600. The Balaban J connectivity index is 1.40. The third-order valence-corrected chi connectivity index (χ3v) is 7.49. The molecular formula is C20H29N5O2S. The highest BCUT2D eigenvalue weighted by molar-refractivity contribution is 7.83. The summed E-state index contributed by atoms with van der Waals surface area (Å²) in [5.74, 6) is 0.848. The standard InChI is InChI=1S/C20H29N5O2S/c1-16(26)22(2)17-6-8-19(9-7-17)28(27)25-11-10-21-20(25)24-14-12-23(13-15-24)18-4-3-5-18/h6-9,18H,3-5,10-15H2,1-2H3. The Labute approximate surface area is 169 Å². The number of hydrogen-bond acceptors (Lipinski definition) is 5. The molecule has 0 aromatic heterocycles. The number of guanidine groups is 1. The summed E-state index contributed by atoms with van der Waals surface area (Å²) in [5, 5.41) is 0. The van der Waals surface area contributed by atoms with Gasteiger partial charge in [-0.15, -0.1) is 0 Å². The molecule has 2 aliphatic heterocycles. The number of amides is 1. The normalized spacial score (nSPS) is 22.0. The van der Waals surface area contributed by atoms with Crippen LogP contribution in [0.2, 0.25) is 0 Å². The highest BCUT2D eigenvalue weighted by atomic mass is 32.2. The van der Waals surface area contributed by atoms with Crippen LogP contribution in [-0.2, 0) is 15.8 Å². The smallest absolute Gasteiger partial charge is 0.223 e. The minimum absolute atomic E-state index is 0.0242. The molecule has 7 nitrogen and oxygen atoms in total. The topological polar surface area (TPSA) is 59.5 Å². The second kappa shape index (κ2) is 8.21. The van der Waals surface area contributed by atoms with E-state index in [-0.39, 0.29) is 5.91 Å². The van der Waals surface area contributed by atoms with E-state index in [0.717, 1.165) is 48.8 Å². The van der Waals surface area contributed by atoms with Crippen LogP contribution < -0.4 is 4.90 Å². The van der Waals surface area contributed by atoms with Crippen LogP contribution in [0.15, 0.2) is 34.2 Å². The van der Waals surface area contributed by atoms with Gasteiger partial charge in [0.15, 0.2) is 11.0 Å². The van der Waals surface area contributed by atoms with Crippen molar-refractivity contribution in [1.82, 2.24) is 14.1 Å². The van der Waals surface area contributed by atoms with Crippen LogP contribution in [0.5, 0.6) is 0 Å². The second-order valence-corrected chi connectivity index (χ2v) is 9.12. The quantitative estimate of drug-likeness (QED) is 0.765. The van der Waals surface area contributed by atoms with Crippen molar-refractivity contribution in [2.45, 2.75) is 37.1 Å². The number of carbonyl (C=O) groups excluding carboxylic acids is 1. The average molecular weight is 404 g/mol. The molecule has 1 saturated carbocycles. The van der Waals surface area contributed by atoms with Gasteiger partial charge in [-0.05, 0) is 37.1 Å². The Kier molecular flexibility index (Phi) is 5.68. The molecule has 0 spiro atoms. The zero-order chi connectivity index (χ0) is 19.7. The number of anilines is 1. The Morgan fingerprint density at radius 1 is 1.11 bits per heavy atom. The molecule has 0 N–H and O–H groups in total. The van der Waals surface area contributed by atoms with E-state index < -0.39 is 11.0 Å². The lowest BCUT2D eigenvalue weighted by atomic mass is 9.91. The van der Waals surface area contributed by atoms with Gasteiger partial charge in [-0.2, -0.15) is 0 Å². The molecule has 0 bridgehead atoms. The molecule has 1 amide bonds. The van der Waals surface area contributed by atoms with Gasteiger partial charge in [0.2, 0.25) is 11.9 Å². The summed E-state index contributed by atoms with van der Waals surface area (Å²) in [4.78, 5) is 23.4. The van der Waals surface area contributed by atoms with Crippen molar-refractivity contribution < 1.29 is 9.00 Å². The molecule has 1 unspecified atom stereocenters. The van der Waals surface area contributed by atoms with Crippen LogP contribution in [0.4, 0.5) is 5.69 Å². The third kappa shape index (κ3) is 3.80. The lowest BCUT2D eigenvalue weighted by Gasteiger charge is -2.44. The van der Waals surface area contributed by atoms with Crippen LogP contribution in [0.1, 0.15) is 26.2 Å². The van der Waals surface area contributed by atoms with Crippen LogP contribution in [-0.4, -0.2) is 82.5 Å². The maximum atomic E-state index is 13.2. The van der Waals surface area contributed by atoms with Crippen molar-refractivity contribution in [2.75, 3.05) is 51.2 Å². The summed E-state index contributed by atoms with van der Waals surface area (Å²) >= 11 is 0. The molecule has 3 aliphatic rings. The molecule has 4 rings (SSSR count). The van der Waals surface area contributed by atoms with Crippen molar-refractivity contribution in [3.8, 4) is 0 Å². The van der Waals surface area contributed by atoms with Crippen molar-refractivity contribution in [3.05, 3.63) is 24.3 Å². The first-order valence-electron chi connectivity index (χ1n) is 10.1. The largest absolute Gasteiger partial charge is 0.339 e. The minimum atomic E-state index is -1.29. The molecule has 1 aromatic rings. The van der Waals surface area contributed by atoms with E-state index in [1.165, 1.54) is 26.2 Å². The van der Waals surface area contributed by atoms with Gasteiger partial charge >= 0.3 is 0 Å². The summed E-state index contributed by atoms with van der Waals surface area (Å²) in [7, 11) is 0.452. The number of aliphatic imine (C=N–C) groups is 1. The summed E-state index contributed by atoms with van der Waals surface area (Å²) in [6.45, 7) is 6.93. The first-order valence-corrected chi connectivity index (χ1v) is 11.2. The van der Waals surface area contributed by atoms with E-state index in [1.807, 2.05) is 28.6 Å². The highest BCUT2D eigenvalue weighted by Crippen LogP contribution is 2.26. The lowest BCUT2D eigenvalue weighted by Crippen LogP contribution is -2.55. The van der Waals surface area contributed by atoms with Gasteiger partial charge in [0, 0.05) is 51.9 Å². The van der Waals surface area contributed by atoms with E-state index in [0.29, 0.717) is 13.1 Å². The van der Waals surface area contributed by atoms with Gasteiger partial charge in [0.1, 0.15) is 0 Å². The summed E-state index contributed by atoms with van der Waals surface area (Å²) in [5.41, 5.74) is 0.802. The van der Waals surface area contributed by atoms with Crippen molar-refractivity contribution in [2.24, 2.45) is 4.99 Å². The molecule has 152 valence electrons. The number of benzene rings is 1. The number of rotatable bonds is 4. The number of piperazine rings is 1. The van der Waals surface area contributed by atoms with E-state index in [2.05, 4.69) is 14.8 Å². The van der Waals surface area contributed by atoms with Crippen LogP contribution >= 0.6 is 0 Å². The molecule has 2 heterocycles. The number of carbonyl (C=O) groups is 1. The van der Waals surface area contributed by atoms with Crippen LogP contribution in [0, 0.1) is 0 Å². The van der Waals surface area contributed by atoms with Gasteiger partial charge in [0.05, 0.1) is 18.0 Å². The molecule has 8 heteroatoms. The Morgan fingerprint density at radius 3 is 2.36 bits per heavy atom. The average Bonchev–Trinajstić information content (AvgIpc) is 3.16. The third-order valence-electron chi connectivity index (χ3n) is 6.07. The predicted molar refractivity (Wildman–Crippen MR) is 112 cm³/mol. The van der Waals surface area contributed by atoms with E-state index in [9.17, 15) is 9.00 Å². The van der Waals surface area contributed by atoms with Gasteiger partial charge in [-0.1, -0.05) is 6.42 Å². The second-order valence-electron chi connectivity index (χ2n) is 7.71. The lowest BCUT2D eigenvalue weighted by molar-refractivity contribution is -0.116. The van der Waals surface area contributed by atoms with Gasteiger partial charge in [0.25, 0.3) is 0 Å². The monoisotopic (exact) mass is 403 g/mol. The van der Waals surface area contributed by atoms with Gasteiger partial charge < -0.3 is 9.80 Å². The summed E-state index contributed by atoms with van der Waals surface area (Å²) in [6, 6.07) is 8.16. The molecule has 1 aromatic carbocycles. The zero-order valence-corrected chi connectivity index (χ0v) is 17.5. The van der Waals surface area contributed by atoms with Crippen molar-refractivity contribution >= 4 is 28.5 Å². The predicted octanol–water partition coefficient (Wildman–Crippen LogP) is 1.53. The Bertz CT molecular complexity index is 769. The molecule has 1 atom stereocenters. The van der Waals surface area contributed by atoms with E-state index >= 15 is 0 Å². The minimum Gasteiger partial charge on any atom is -0.339 e. The van der Waals surface area contributed by atoms with Crippen LogP contribution in [0.3, 0.4) is 0 Å². The first-order chi connectivity index (χ1) is 13.5. The summed E-state index contributed by atoms with van der Waals surface area (Å²) in [6.07, 6.45) is 4.04. The Hall–Kier alpha value is -1.93. The Morgan fingerprint density at radius 2 is 1.79 bits per heavy atom. The molecular weight excluding hydrogens is 374 g/mol. The molecule has 1 saturated heterocycles. The fourth-order valence-corrected chi connectivity index (χ4v) is 5.16. The molecule has 2 fully saturated rings.